The summed E-state index contributed by atoms with van der Waals surface area (Å²) < 4.78 is 11.1. The van der Waals surface area contributed by atoms with Gasteiger partial charge >= 0.3 is 0 Å². The Morgan fingerprint density at radius 2 is 2.00 bits per heavy atom. The predicted molar refractivity (Wildman–Crippen MR) is 102 cm³/mol. The molecule has 0 bridgehead atoms. The number of benzene rings is 1. The van der Waals surface area contributed by atoms with Gasteiger partial charge in [-0.25, -0.2) is 0 Å². The van der Waals surface area contributed by atoms with Crippen LogP contribution in [-0.4, -0.2) is 46.7 Å². The molecule has 1 saturated heterocycles. The number of anilines is 1. The number of fused-ring (bicyclic) bond motifs is 1. The Labute approximate surface area is 164 Å². The van der Waals surface area contributed by atoms with E-state index in [9.17, 15) is 4.79 Å². The monoisotopic (exact) mass is 393 g/mol. The second-order valence-corrected chi connectivity index (χ2v) is 6.65. The van der Waals surface area contributed by atoms with Gasteiger partial charge in [0.1, 0.15) is 5.75 Å². The Balaban J connectivity index is 0.00000210. The number of para-hydroxylation sites is 2. The first-order valence-corrected chi connectivity index (χ1v) is 9.05. The summed E-state index contributed by atoms with van der Waals surface area (Å²) in [7, 11) is 0. The summed E-state index contributed by atoms with van der Waals surface area (Å²) in [5, 5.41) is 3.97. The van der Waals surface area contributed by atoms with Crippen molar-refractivity contribution in [1.82, 2.24) is 15.0 Å². The Kier molecular flexibility index (Phi) is 6.18. The van der Waals surface area contributed by atoms with Gasteiger partial charge in [-0.1, -0.05) is 17.3 Å². The quantitative estimate of drug-likeness (QED) is 0.844. The number of likely N-dealkylation sites (tertiary alicyclic amines) is 1. The summed E-state index contributed by atoms with van der Waals surface area (Å²) >= 11 is 0. The van der Waals surface area contributed by atoms with Crippen molar-refractivity contribution in [2.24, 2.45) is 5.73 Å². The smallest absolute Gasteiger partial charge is 0.265 e. The van der Waals surface area contributed by atoms with Gasteiger partial charge in [0.25, 0.3) is 5.91 Å². The van der Waals surface area contributed by atoms with Crippen LogP contribution in [0.15, 0.2) is 28.8 Å². The lowest BCUT2D eigenvalue weighted by atomic mass is 10.1. The van der Waals surface area contributed by atoms with E-state index in [4.69, 9.17) is 15.0 Å². The van der Waals surface area contributed by atoms with Crippen LogP contribution < -0.4 is 15.4 Å². The van der Waals surface area contributed by atoms with Gasteiger partial charge in [-0.3, -0.25) is 4.79 Å². The molecule has 0 saturated carbocycles. The topological polar surface area (TPSA) is 97.7 Å². The van der Waals surface area contributed by atoms with E-state index in [1.165, 1.54) is 6.42 Å². The summed E-state index contributed by atoms with van der Waals surface area (Å²) in [5.41, 5.74) is 6.46. The molecule has 1 amide bonds. The number of carbonyl (C=O) groups excluding carboxylic acids is 1. The molecule has 2 aliphatic rings. The van der Waals surface area contributed by atoms with E-state index in [0.29, 0.717) is 30.6 Å². The van der Waals surface area contributed by atoms with E-state index < -0.39 is 6.10 Å². The highest BCUT2D eigenvalue weighted by molar-refractivity contribution is 5.85. The van der Waals surface area contributed by atoms with E-state index >= 15 is 0 Å². The van der Waals surface area contributed by atoms with E-state index in [-0.39, 0.29) is 24.9 Å². The molecule has 1 aromatic carbocycles. The molecule has 8 nitrogen and oxygen atoms in total. The standard InChI is InChI=1S/C18H23N5O3.ClH/c19-10-17-20-16(21-26-17)12-23-11-15(18(24)22-8-4-1-5-9-22)25-14-7-3-2-6-13(14)23;/h2-3,6-7,15H,1,4-5,8-12,19H2;1H. The zero-order chi connectivity index (χ0) is 17.9. The summed E-state index contributed by atoms with van der Waals surface area (Å²) in [5.74, 6) is 1.71. The number of halogens is 1. The second kappa shape index (κ2) is 8.58. The first-order valence-electron chi connectivity index (χ1n) is 9.05. The molecule has 0 aliphatic carbocycles. The van der Waals surface area contributed by atoms with Crippen molar-refractivity contribution in [3.05, 3.63) is 36.0 Å². The van der Waals surface area contributed by atoms with Gasteiger partial charge in [0.15, 0.2) is 11.9 Å². The molecule has 1 aromatic heterocycles. The van der Waals surface area contributed by atoms with Crippen molar-refractivity contribution in [3.63, 3.8) is 0 Å². The molecule has 146 valence electrons. The molecule has 2 aromatic rings. The van der Waals surface area contributed by atoms with Crippen LogP contribution in [-0.2, 0) is 17.9 Å². The van der Waals surface area contributed by atoms with Crippen molar-refractivity contribution in [1.29, 1.82) is 0 Å². The maximum atomic E-state index is 12.9. The van der Waals surface area contributed by atoms with Crippen molar-refractivity contribution >= 4 is 24.0 Å². The van der Waals surface area contributed by atoms with Crippen LogP contribution >= 0.6 is 12.4 Å². The largest absolute Gasteiger partial charge is 0.477 e. The van der Waals surface area contributed by atoms with Gasteiger partial charge < -0.3 is 24.8 Å². The Bertz CT molecular complexity index is 778. The Morgan fingerprint density at radius 3 is 2.74 bits per heavy atom. The maximum Gasteiger partial charge on any atom is 0.265 e. The molecular formula is C18H24ClN5O3. The molecule has 9 heteroatoms. The average molecular weight is 394 g/mol. The summed E-state index contributed by atoms with van der Waals surface area (Å²) in [6.07, 6.45) is 2.78. The van der Waals surface area contributed by atoms with Crippen LogP contribution in [0, 0.1) is 0 Å². The van der Waals surface area contributed by atoms with Gasteiger partial charge in [-0.05, 0) is 31.4 Å². The van der Waals surface area contributed by atoms with Gasteiger partial charge in [0.2, 0.25) is 5.89 Å². The lowest BCUT2D eigenvalue weighted by Crippen LogP contribution is -2.51. The number of rotatable bonds is 4. The molecule has 0 spiro atoms. The third-order valence-corrected chi connectivity index (χ3v) is 4.82. The highest BCUT2D eigenvalue weighted by Crippen LogP contribution is 2.34. The number of nitrogens with zero attached hydrogens (tertiary/aromatic N) is 4. The Hall–Kier alpha value is -2.32. The first-order chi connectivity index (χ1) is 12.7. The molecule has 2 aliphatic heterocycles. The number of amides is 1. The molecule has 1 unspecified atom stereocenters. The fourth-order valence-corrected chi connectivity index (χ4v) is 3.51. The third kappa shape index (κ3) is 4.17. The first kappa shape index (κ1) is 19.4. The van der Waals surface area contributed by atoms with Crippen LogP contribution in [0.4, 0.5) is 5.69 Å². The highest BCUT2D eigenvalue weighted by Gasteiger charge is 2.34. The van der Waals surface area contributed by atoms with Crippen molar-refractivity contribution in [3.8, 4) is 5.75 Å². The molecule has 3 heterocycles. The fraction of sp³-hybridized carbons (Fsp3) is 0.500. The fourth-order valence-electron chi connectivity index (χ4n) is 3.51. The lowest BCUT2D eigenvalue weighted by molar-refractivity contribution is -0.139. The van der Waals surface area contributed by atoms with Crippen LogP contribution in [0.25, 0.3) is 0 Å². The SMILES string of the molecule is Cl.NCc1nc(CN2CC(C(=O)N3CCCCC3)Oc3ccccc32)no1. The van der Waals surface area contributed by atoms with Crippen molar-refractivity contribution in [2.75, 3.05) is 24.5 Å². The van der Waals surface area contributed by atoms with Gasteiger partial charge in [0.05, 0.1) is 25.3 Å². The van der Waals surface area contributed by atoms with Crippen LogP contribution in [0.3, 0.4) is 0 Å². The van der Waals surface area contributed by atoms with E-state index in [0.717, 1.165) is 31.6 Å². The average Bonchev–Trinajstić information content (AvgIpc) is 3.15. The van der Waals surface area contributed by atoms with Crippen molar-refractivity contribution < 1.29 is 14.1 Å². The van der Waals surface area contributed by atoms with E-state index in [1.807, 2.05) is 29.2 Å². The lowest BCUT2D eigenvalue weighted by Gasteiger charge is -2.37. The Morgan fingerprint density at radius 1 is 1.22 bits per heavy atom. The number of aromatic nitrogens is 2. The summed E-state index contributed by atoms with van der Waals surface area (Å²) in [6, 6.07) is 7.72. The minimum atomic E-state index is -0.524. The molecule has 1 fully saturated rings. The maximum absolute atomic E-state index is 12.9. The minimum absolute atomic E-state index is 0. The van der Waals surface area contributed by atoms with Crippen LogP contribution in [0.2, 0.25) is 0 Å². The molecule has 0 radical (unpaired) electrons. The normalized spacial score (nSPS) is 19.1. The number of carbonyl (C=O) groups is 1. The molecular weight excluding hydrogens is 370 g/mol. The zero-order valence-electron chi connectivity index (χ0n) is 15.0. The summed E-state index contributed by atoms with van der Waals surface area (Å²) in [6.45, 7) is 2.73. The van der Waals surface area contributed by atoms with E-state index in [2.05, 4.69) is 15.0 Å². The number of nitrogens with two attached hydrogens (primary N) is 1. The van der Waals surface area contributed by atoms with Gasteiger partial charge in [-0.2, -0.15) is 4.98 Å². The van der Waals surface area contributed by atoms with Crippen LogP contribution in [0.5, 0.6) is 5.75 Å². The predicted octanol–water partition coefficient (Wildman–Crippen LogP) is 1.73. The molecule has 27 heavy (non-hydrogen) atoms. The second-order valence-electron chi connectivity index (χ2n) is 6.65. The number of ether oxygens (including phenoxy) is 1. The van der Waals surface area contributed by atoms with Crippen molar-refractivity contribution in [2.45, 2.75) is 38.5 Å². The molecule has 1 atom stereocenters. The molecule has 4 rings (SSSR count). The minimum Gasteiger partial charge on any atom is -0.477 e. The number of piperidine rings is 1. The zero-order valence-corrected chi connectivity index (χ0v) is 15.9. The van der Waals surface area contributed by atoms with Gasteiger partial charge in [-0.15, -0.1) is 12.4 Å². The highest BCUT2D eigenvalue weighted by atomic mass is 35.5. The van der Waals surface area contributed by atoms with Crippen LogP contribution in [0.1, 0.15) is 31.0 Å². The number of hydrogen-bond donors (Lipinski definition) is 1. The summed E-state index contributed by atoms with van der Waals surface area (Å²) in [4.78, 5) is 21.2. The molecule has 2 N–H and O–H groups in total. The van der Waals surface area contributed by atoms with Gasteiger partial charge in [0, 0.05) is 13.1 Å². The third-order valence-electron chi connectivity index (χ3n) is 4.82. The number of hydrogen-bond acceptors (Lipinski definition) is 7. The van der Waals surface area contributed by atoms with E-state index in [1.54, 1.807) is 0 Å².